The molecule has 0 bridgehead atoms. The molecule has 0 saturated heterocycles. The summed E-state index contributed by atoms with van der Waals surface area (Å²) in [6, 6.07) is 0. The monoisotopic (exact) mass is 254 g/mol. The Balaban J connectivity index is 1.98. The highest BCUT2D eigenvalue weighted by molar-refractivity contribution is 7.19. The molecule has 2 saturated carbocycles. The van der Waals surface area contributed by atoms with Crippen LogP contribution in [0.4, 0.5) is 0 Å². The van der Waals surface area contributed by atoms with Crippen molar-refractivity contribution in [3.63, 3.8) is 0 Å². The minimum Gasteiger partial charge on any atom is -0.131 e. The lowest BCUT2D eigenvalue weighted by atomic mass is 9.75. The highest BCUT2D eigenvalue weighted by Crippen LogP contribution is 2.52. The van der Waals surface area contributed by atoms with E-state index < -0.39 is 0 Å². The van der Waals surface area contributed by atoms with Crippen molar-refractivity contribution in [3.8, 4) is 0 Å². The van der Waals surface area contributed by atoms with Crippen LogP contribution in [0.5, 0.6) is 0 Å². The van der Waals surface area contributed by atoms with Gasteiger partial charge in [-0.2, -0.15) is 0 Å². The van der Waals surface area contributed by atoms with Gasteiger partial charge in [-0.25, -0.2) is 0 Å². The zero-order valence-corrected chi connectivity index (χ0v) is 12.9. The van der Waals surface area contributed by atoms with Gasteiger partial charge in [-0.15, -0.1) is 9.24 Å². The molecule has 0 spiro atoms. The van der Waals surface area contributed by atoms with E-state index in [0.29, 0.717) is 5.16 Å². The Hall–Kier alpha value is 0.430. The third-order valence-corrected chi connectivity index (χ3v) is 6.68. The van der Waals surface area contributed by atoms with Gasteiger partial charge in [0.15, 0.2) is 0 Å². The molecule has 0 aromatic rings. The van der Waals surface area contributed by atoms with E-state index in [0.717, 1.165) is 11.8 Å². The van der Waals surface area contributed by atoms with E-state index in [2.05, 4.69) is 16.2 Å². The van der Waals surface area contributed by atoms with Gasteiger partial charge in [-0.05, 0) is 49.1 Å². The van der Waals surface area contributed by atoms with Crippen molar-refractivity contribution in [1.82, 2.24) is 0 Å². The summed E-state index contributed by atoms with van der Waals surface area (Å²) < 4.78 is 0. The molecule has 2 rings (SSSR count). The SMILES string of the molecule is CCCCCC(P)(C1CCCC1)C1CCCC1. The van der Waals surface area contributed by atoms with Crippen LogP contribution < -0.4 is 0 Å². The lowest BCUT2D eigenvalue weighted by molar-refractivity contribution is 0.250. The van der Waals surface area contributed by atoms with Crippen LogP contribution in [-0.2, 0) is 0 Å². The highest BCUT2D eigenvalue weighted by Gasteiger charge is 2.42. The van der Waals surface area contributed by atoms with Gasteiger partial charge in [0.2, 0.25) is 0 Å². The Morgan fingerprint density at radius 2 is 1.35 bits per heavy atom. The summed E-state index contributed by atoms with van der Waals surface area (Å²) in [5.74, 6) is 2.07. The number of hydrogen-bond acceptors (Lipinski definition) is 0. The second-order valence-corrected chi connectivity index (χ2v) is 7.61. The maximum Gasteiger partial charge on any atom is -0.00938 e. The minimum atomic E-state index is 0.627. The molecule has 0 aromatic carbocycles. The molecular formula is C16H31P. The van der Waals surface area contributed by atoms with Gasteiger partial charge < -0.3 is 0 Å². The van der Waals surface area contributed by atoms with Crippen LogP contribution in [0.25, 0.3) is 0 Å². The molecule has 0 nitrogen and oxygen atoms in total. The quantitative estimate of drug-likeness (QED) is 0.430. The maximum absolute atomic E-state index is 3.38. The van der Waals surface area contributed by atoms with Crippen molar-refractivity contribution in [1.29, 1.82) is 0 Å². The lowest BCUT2D eigenvalue weighted by Crippen LogP contribution is -2.37. The molecule has 0 radical (unpaired) electrons. The van der Waals surface area contributed by atoms with Crippen molar-refractivity contribution >= 4 is 9.24 Å². The standard InChI is InChI=1S/C16H31P/c1-2-3-8-13-16(17,14-9-4-5-10-14)15-11-6-7-12-15/h14-15H,2-13,17H2,1H3. The number of unbranched alkanes of at least 4 members (excludes halogenated alkanes) is 2. The van der Waals surface area contributed by atoms with Gasteiger partial charge in [0.05, 0.1) is 0 Å². The number of rotatable bonds is 6. The minimum absolute atomic E-state index is 0.627. The third kappa shape index (κ3) is 3.25. The van der Waals surface area contributed by atoms with Crippen molar-refractivity contribution in [2.24, 2.45) is 11.8 Å². The third-order valence-electron chi connectivity index (χ3n) is 5.44. The fraction of sp³-hybridized carbons (Fsp3) is 1.00. The van der Waals surface area contributed by atoms with Crippen molar-refractivity contribution in [2.45, 2.75) is 89.1 Å². The molecule has 1 unspecified atom stereocenters. The fourth-order valence-corrected chi connectivity index (χ4v) is 5.22. The van der Waals surface area contributed by atoms with E-state index >= 15 is 0 Å². The molecule has 2 aliphatic rings. The highest BCUT2D eigenvalue weighted by atomic mass is 31.0. The predicted octanol–water partition coefficient (Wildman–Crippen LogP) is 5.56. The summed E-state index contributed by atoms with van der Waals surface area (Å²) in [4.78, 5) is 0. The van der Waals surface area contributed by atoms with Crippen LogP contribution in [0.1, 0.15) is 84.0 Å². The summed E-state index contributed by atoms with van der Waals surface area (Å²) in [6.45, 7) is 2.33. The van der Waals surface area contributed by atoms with E-state index in [1.165, 1.54) is 77.0 Å². The van der Waals surface area contributed by atoms with Gasteiger partial charge in [-0.3, -0.25) is 0 Å². The fourth-order valence-electron chi connectivity index (χ4n) is 4.35. The molecule has 0 aromatic heterocycles. The first kappa shape index (κ1) is 13.9. The maximum atomic E-state index is 3.38. The van der Waals surface area contributed by atoms with E-state index in [-0.39, 0.29) is 0 Å². The lowest BCUT2D eigenvalue weighted by Gasteiger charge is -2.41. The smallest absolute Gasteiger partial charge is 0.00938 e. The van der Waals surface area contributed by atoms with E-state index in [1.54, 1.807) is 0 Å². The van der Waals surface area contributed by atoms with Crippen LogP contribution in [0, 0.1) is 11.8 Å². The zero-order chi connectivity index (χ0) is 12.1. The first-order chi connectivity index (χ1) is 8.27. The summed E-state index contributed by atoms with van der Waals surface area (Å²) in [6.07, 6.45) is 17.8. The molecule has 1 heteroatoms. The first-order valence-electron chi connectivity index (χ1n) is 8.06. The molecule has 0 N–H and O–H groups in total. The van der Waals surface area contributed by atoms with E-state index in [4.69, 9.17) is 0 Å². The summed E-state index contributed by atoms with van der Waals surface area (Å²) in [7, 11) is 3.38. The second-order valence-electron chi connectivity index (χ2n) is 6.53. The van der Waals surface area contributed by atoms with Gasteiger partial charge in [0.25, 0.3) is 0 Å². The van der Waals surface area contributed by atoms with Gasteiger partial charge in [0.1, 0.15) is 0 Å². The molecule has 17 heavy (non-hydrogen) atoms. The molecule has 2 aliphatic carbocycles. The summed E-state index contributed by atoms with van der Waals surface area (Å²) in [5.41, 5.74) is 0. The predicted molar refractivity (Wildman–Crippen MR) is 80.5 cm³/mol. The second kappa shape index (κ2) is 6.55. The average molecular weight is 254 g/mol. The molecule has 2 fully saturated rings. The number of hydrogen-bond donors (Lipinski definition) is 0. The van der Waals surface area contributed by atoms with Gasteiger partial charge in [0, 0.05) is 0 Å². The van der Waals surface area contributed by atoms with Crippen LogP contribution >= 0.6 is 9.24 Å². The van der Waals surface area contributed by atoms with E-state index in [9.17, 15) is 0 Å². The van der Waals surface area contributed by atoms with Gasteiger partial charge >= 0.3 is 0 Å². The first-order valence-corrected chi connectivity index (χ1v) is 8.64. The Morgan fingerprint density at radius 1 is 0.882 bits per heavy atom. The molecule has 100 valence electrons. The van der Waals surface area contributed by atoms with E-state index in [1.807, 2.05) is 0 Å². The average Bonchev–Trinajstić information content (AvgIpc) is 3.02. The Kier molecular flexibility index (Phi) is 5.34. The molecule has 1 atom stereocenters. The topological polar surface area (TPSA) is 0 Å². The zero-order valence-electron chi connectivity index (χ0n) is 11.7. The Morgan fingerprint density at radius 3 is 1.76 bits per heavy atom. The molecule has 0 amide bonds. The van der Waals surface area contributed by atoms with Crippen molar-refractivity contribution in [2.75, 3.05) is 0 Å². The Labute approximate surface area is 111 Å². The summed E-state index contributed by atoms with van der Waals surface area (Å²) >= 11 is 0. The summed E-state index contributed by atoms with van der Waals surface area (Å²) in [5, 5.41) is 0.627. The van der Waals surface area contributed by atoms with Crippen molar-refractivity contribution < 1.29 is 0 Å². The molecule has 0 aliphatic heterocycles. The molecule has 0 heterocycles. The molecular weight excluding hydrogens is 223 g/mol. The van der Waals surface area contributed by atoms with Crippen LogP contribution in [0.2, 0.25) is 0 Å². The van der Waals surface area contributed by atoms with Crippen molar-refractivity contribution in [3.05, 3.63) is 0 Å². The van der Waals surface area contributed by atoms with Gasteiger partial charge in [-0.1, -0.05) is 51.9 Å². The van der Waals surface area contributed by atoms with Crippen LogP contribution in [0.3, 0.4) is 0 Å². The normalized spacial score (nSPS) is 23.6. The van der Waals surface area contributed by atoms with Crippen LogP contribution in [0.15, 0.2) is 0 Å². The Bertz CT molecular complexity index is 196. The largest absolute Gasteiger partial charge is 0.131 e. The van der Waals surface area contributed by atoms with Crippen LogP contribution in [-0.4, -0.2) is 5.16 Å².